The maximum atomic E-state index is 11.1. The molecule has 238 valence electrons. The normalized spacial score (nSPS) is 11.2. The number of unbranched alkanes of at least 4 members (excludes halogenated alkanes) is 29. The molecule has 0 rings (SSSR count). The van der Waals surface area contributed by atoms with Gasteiger partial charge in [0.25, 0.3) is 0 Å². The zero-order valence-corrected chi connectivity index (χ0v) is 27.3. The quantitative estimate of drug-likeness (QED) is 0.0585. The van der Waals surface area contributed by atoms with Gasteiger partial charge in [0, 0.05) is 12.8 Å². The Labute approximate surface area is 250 Å². The molecule has 0 saturated heterocycles. The minimum Gasteiger partial charge on any atom is -0.469 e. The molecule has 0 unspecified atom stereocenters. The summed E-state index contributed by atoms with van der Waals surface area (Å²) < 4.78 is 9.35. The lowest BCUT2D eigenvalue weighted by molar-refractivity contribution is -0.141. The maximum Gasteiger partial charge on any atom is 0.305 e. The lowest BCUT2D eigenvalue weighted by atomic mass is 10.0. The van der Waals surface area contributed by atoms with Crippen LogP contribution >= 0.6 is 0 Å². The first kappa shape index (κ1) is 38.9. The van der Waals surface area contributed by atoms with Crippen molar-refractivity contribution in [2.45, 2.75) is 205 Å². The summed E-state index contributed by atoms with van der Waals surface area (Å²) in [6.07, 6.45) is 42.1. The van der Waals surface area contributed by atoms with Gasteiger partial charge in [-0.1, -0.05) is 180 Å². The smallest absolute Gasteiger partial charge is 0.305 e. The summed E-state index contributed by atoms with van der Waals surface area (Å²) in [6.45, 7) is 0. The topological polar surface area (TPSA) is 52.6 Å². The third-order valence-corrected chi connectivity index (χ3v) is 8.47. The molecule has 0 aliphatic heterocycles. The predicted molar refractivity (Wildman–Crippen MR) is 172 cm³/mol. The fourth-order valence-corrected chi connectivity index (χ4v) is 5.69. The Balaban J connectivity index is 3.06. The van der Waals surface area contributed by atoms with Crippen LogP contribution in [0.25, 0.3) is 0 Å². The summed E-state index contributed by atoms with van der Waals surface area (Å²) >= 11 is 0. The molecule has 0 fully saturated rings. The molecule has 0 saturated carbocycles. The monoisotopic (exact) mass is 567 g/mol. The highest BCUT2D eigenvalue weighted by molar-refractivity contribution is 5.69. The van der Waals surface area contributed by atoms with Crippen LogP contribution < -0.4 is 0 Å². The summed E-state index contributed by atoms with van der Waals surface area (Å²) in [4.78, 5) is 22.1. The fraction of sp³-hybridized carbons (Fsp3) is 0.944. The zero-order valence-electron chi connectivity index (χ0n) is 27.3. The highest BCUT2D eigenvalue weighted by Crippen LogP contribution is 2.17. The molecule has 40 heavy (non-hydrogen) atoms. The molecule has 0 spiro atoms. The van der Waals surface area contributed by atoms with E-state index in [0.29, 0.717) is 12.8 Å². The number of esters is 2. The van der Waals surface area contributed by atoms with E-state index in [-0.39, 0.29) is 11.9 Å². The standard InChI is InChI=1S/C36H70O4/c1-39-35(37)33-31-29-27-25-23-21-19-17-15-13-11-9-7-5-3-4-6-8-10-12-14-16-18-20-22-24-26-28-30-32-34-36(38)40-2/h3-34H2,1-2H3. The van der Waals surface area contributed by atoms with E-state index in [4.69, 9.17) is 0 Å². The number of ether oxygens (including phenoxy) is 2. The van der Waals surface area contributed by atoms with Crippen LogP contribution in [0.3, 0.4) is 0 Å². The van der Waals surface area contributed by atoms with Gasteiger partial charge in [-0.2, -0.15) is 0 Å². The second kappa shape index (κ2) is 34.1. The van der Waals surface area contributed by atoms with Crippen molar-refractivity contribution in [2.24, 2.45) is 0 Å². The lowest BCUT2D eigenvalue weighted by Crippen LogP contribution is -1.99. The molecule has 0 radical (unpaired) electrons. The molecule has 0 aromatic heterocycles. The van der Waals surface area contributed by atoms with Gasteiger partial charge < -0.3 is 9.47 Å². The van der Waals surface area contributed by atoms with Crippen LogP contribution in [0.15, 0.2) is 0 Å². The first-order valence-corrected chi connectivity index (χ1v) is 17.8. The van der Waals surface area contributed by atoms with Crippen molar-refractivity contribution in [2.75, 3.05) is 14.2 Å². The molecule has 0 N–H and O–H groups in total. The Kier molecular flexibility index (Phi) is 33.2. The third-order valence-electron chi connectivity index (χ3n) is 8.47. The maximum absolute atomic E-state index is 11.1. The number of carbonyl (C=O) groups is 2. The van der Waals surface area contributed by atoms with Crippen molar-refractivity contribution < 1.29 is 19.1 Å². The molecule has 0 aromatic carbocycles. The first-order chi connectivity index (χ1) is 19.7. The van der Waals surface area contributed by atoms with Crippen LogP contribution in [0.1, 0.15) is 205 Å². The van der Waals surface area contributed by atoms with Gasteiger partial charge in [0.2, 0.25) is 0 Å². The number of carbonyl (C=O) groups excluding carboxylic acids is 2. The summed E-state index contributed by atoms with van der Waals surface area (Å²) in [7, 11) is 2.95. The number of methoxy groups -OCH3 is 2. The van der Waals surface area contributed by atoms with Gasteiger partial charge in [-0.15, -0.1) is 0 Å². The van der Waals surface area contributed by atoms with Crippen molar-refractivity contribution in [1.82, 2.24) is 0 Å². The summed E-state index contributed by atoms with van der Waals surface area (Å²) in [5.41, 5.74) is 0. The number of hydrogen-bond acceptors (Lipinski definition) is 4. The predicted octanol–water partition coefficient (Wildman–Crippen LogP) is 11.8. The Morgan fingerprint density at radius 3 is 0.525 bits per heavy atom. The molecule has 4 nitrogen and oxygen atoms in total. The Bertz CT molecular complexity index is 473. The minimum atomic E-state index is -0.0656. The molecule has 0 bridgehead atoms. The SMILES string of the molecule is COC(=O)CCCCCCCCCCCCCCCCCCCCCCCCCCCCCCCCC(=O)OC. The minimum absolute atomic E-state index is 0.0656. The largest absolute Gasteiger partial charge is 0.469 e. The fourth-order valence-electron chi connectivity index (χ4n) is 5.69. The van der Waals surface area contributed by atoms with E-state index < -0.39 is 0 Å². The highest BCUT2D eigenvalue weighted by atomic mass is 16.5. The summed E-state index contributed by atoms with van der Waals surface area (Å²) in [6, 6.07) is 0. The van der Waals surface area contributed by atoms with Crippen molar-refractivity contribution in [3.05, 3.63) is 0 Å². The highest BCUT2D eigenvalue weighted by Gasteiger charge is 2.01. The third kappa shape index (κ3) is 33.1. The number of rotatable bonds is 33. The van der Waals surface area contributed by atoms with Crippen LogP contribution in [-0.4, -0.2) is 26.2 Å². The van der Waals surface area contributed by atoms with Gasteiger partial charge in [0.05, 0.1) is 14.2 Å². The van der Waals surface area contributed by atoms with Gasteiger partial charge >= 0.3 is 11.9 Å². The van der Waals surface area contributed by atoms with Crippen LogP contribution in [0.2, 0.25) is 0 Å². The summed E-state index contributed by atoms with van der Waals surface area (Å²) in [5, 5.41) is 0. The second-order valence-corrected chi connectivity index (χ2v) is 12.3. The molecule has 0 heterocycles. The van der Waals surface area contributed by atoms with Crippen LogP contribution in [0.4, 0.5) is 0 Å². The van der Waals surface area contributed by atoms with Crippen LogP contribution in [0, 0.1) is 0 Å². The molecular formula is C36H70O4. The van der Waals surface area contributed by atoms with Gasteiger partial charge in [-0.25, -0.2) is 0 Å². The van der Waals surface area contributed by atoms with E-state index in [1.165, 1.54) is 194 Å². The average Bonchev–Trinajstić information content (AvgIpc) is 2.97. The molecule has 0 atom stereocenters. The molecular weight excluding hydrogens is 496 g/mol. The van der Waals surface area contributed by atoms with E-state index in [1.807, 2.05) is 0 Å². The Morgan fingerprint density at radius 2 is 0.400 bits per heavy atom. The molecule has 0 aliphatic carbocycles. The van der Waals surface area contributed by atoms with E-state index in [0.717, 1.165) is 12.8 Å². The average molecular weight is 567 g/mol. The zero-order chi connectivity index (χ0) is 29.2. The second-order valence-electron chi connectivity index (χ2n) is 12.3. The molecule has 4 heteroatoms. The Hall–Kier alpha value is -1.06. The molecule has 0 aliphatic rings. The van der Waals surface area contributed by atoms with E-state index in [9.17, 15) is 9.59 Å². The number of hydrogen-bond donors (Lipinski definition) is 0. The van der Waals surface area contributed by atoms with Gasteiger partial charge in [-0.3, -0.25) is 9.59 Å². The van der Waals surface area contributed by atoms with Crippen LogP contribution in [-0.2, 0) is 19.1 Å². The van der Waals surface area contributed by atoms with Crippen molar-refractivity contribution in [3.8, 4) is 0 Å². The molecule has 0 amide bonds. The molecule has 0 aromatic rings. The van der Waals surface area contributed by atoms with E-state index >= 15 is 0 Å². The van der Waals surface area contributed by atoms with Crippen molar-refractivity contribution in [1.29, 1.82) is 0 Å². The summed E-state index contributed by atoms with van der Waals surface area (Å²) in [5.74, 6) is -0.131. The van der Waals surface area contributed by atoms with Crippen molar-refractivity contribution >= 4 is 11.9 Å². The first-order valence-electron chi connectivity index (χ1n) is 17.8. The van der Waals surface area contributed by atoms with Gasteiger partial charge in [0.1, 0.15) is 0 Å². The van der Waals surface area contributed by atoms with Gasteiger partial charge in [0.15, 0.2) is 0 Å². The van der Waals surface area contributed by atoms with Gasteiger partial charge in [-0.05, 0) is 12.8 Å². The van der Waals surface area contributed by atoms with E-state index in [2.05, 4.69) is 9.47 Å². The van der Waals surface area contributed by atoms with Crippen LogP contribution in [0.5, 0.6) is 0 Å². The lowest BCUT2D eigenvalue weighted by Gasteiger charge is -2.05. The van der Waals surface area contributed by atoms with Crippen molar-refractivity contribution in [3.63, 3.8) is 0 Å². The van der Waals surface area contributed by atoms with E-state index in [1.54, 1.807) is 0 Å². The Morgan fingerprint density at radius 1 is 0.275 bits per heavy atom.